The average Bonchev–Trinajstić information content (AvgIpc) is 3.04. The van der Waals surface area contributed by atoms with Crippen LogP contribution in [0.5, 0.6) is 0 Å². The lowest BCUT2D eigenvalue weighted by atomic mass is 10.1. The number of aromatic nitrogens is 2. The number of rotatable bonds is 5. The lowest BCUT2D eigenvalue weighted by molar-refractivity contribution is -0.122. The summed E-state index contributed by atoms with van der Waals surface area (Å²) in [6, 6.07) is 0. The molecule has 1 heterocycles. The zero-order chi connectivity index (χ0) is 13.3. The van der Waals surface area contributed by atoms with Crippen LogP contribution in [0, 0.1) is 13.8 Å². The quantitative estimate of drug-likeness (QED) is 0.805. The van der Waals surface area contributed by atoms with E-state index in [1.165, 1.54) is 0 Å². The number of amides is 1. The molecule has 0 saturated heterocycles. The van der Waals surface area contributed by atoms with Crippen LogP contribution in [0.25, 0.3) is 0 Å². The predicted molar refractivity (Wildman–Crippen MR) is 68.2 cm³/mol. The van der Waals surface area contributed by atoms with Crippen molar-refractivity contribution in [2.75, 3.05) is 6.61 Å². The van der Waals surface area contributed by atoms with Crippen molar-refractivity contribution in [1.29, 1.82) is 0 Å². The summed E-state index contributed by atoms with van der Waals surface area (Å²) < 4.78 is 1.85. The number of aryl methyl sites for hydroxylation is 2. The summed E-state index contributed by atoms with van der Waals surface area (Å²) in [5.74, 6) is 0.0178. The van der Waals surface area contributed by atoms with Crippen LogP contribution in [0.2, 0.25) is 0 Å². The number of nitrogens with one attached hydrogen (secondary N) is 1. The van der Waals surface area contributed by atoms with Gasteiger partial charge in [0.2, 0.25) is 5.91 Å². The Hall–Kier alpha value is -1.36. The lowest BCUT2D eigenvalue weighted by Crippen LogP contribution is -2.39. The first-order valence-corrected chi connectivity index (χ1v) is 6.38. The van der Waals surface area contributed by atoms with Gasteiger partial charge < -0.3 is 10.4 Å². The minimum absolute atomic E-state index is 0.0178. The van der Waals surface area contributed by atoms with Crippen molar-refractivity contribution < 1.29 is 9.90 Å². The monoisotopic (exact) mass is 251 g/mol. The highest BCUT2D eigenvalue weighted by Gasteiger charge is 2.43. The largest absolute Gasteiger partial charge is 0.394 e. The normalized spacial score (nSPS) is 16.7. The number of carbonyl (C=O) groups is 1. The fourth-order valence-corrected chi connectivity index (χ4v) is 2.25. The molecule has 2 N–H and O–H groups in total. The second-order valence-corrected chi connectivity index (χ2v) is 5.26. The molecule has 100 valence electrons. The van der Waals surface area contributed by atoms with E-state index in [0.717, 1.165) is 29.8 Å². The van der Waals surface area contributed by atoms with Crippen LogP contribution in [-0.2, 0) is 18.3 Å². The van der Waals surface area contributed by atoms with Crippen molar-refractivity contribution in [1.82, 2.24) is 15.1 Å². The van der Waals surface area contributed by atoms with E-state index in [9.17, 15) is 4.79 Å². The minimum atomic E-state index is -0.309. The topological polar surface area (TPSA) is 67.2 Å². The van der Waals surface area contributed by atoms with Crippen molar-refractivity contribution >= 4 is 5.91 Å². The van der Waals surface area contributed by atoms with Crippen LogP contribution in [0.15, 0.2) is 0 Å². The lowest BCUT2D eigenvalue weighted by Gasteiger charge is -2.14. The Morgan fingerprint density at radius 1 is 1.50 bits per heavy atom. The van der Waals surface area contributed by atoms with Crippen molar-refractivity contribution in [2.24, 2.45) is 7.05 Å². The standard InChI is InChI=1S/C13H21N3O2/c1-9-11(10(2)16(3)15-9)4-5-12(18)14-13(8-17)6-7-13/h17H,4-8H2,1-3H3,(H,14,18). The van der Waals surface area contributed by atoms with Gasteiger partial charge in [-0.25, -0.2) is 0 Å². The molecular formula is C13H21N3O2. The average molecular weight is 251 g/mol. The number of carbonyl (C=O) groups excluding carboxylic acids is 1. The Morgan fingerprint density at radius 2 is 2.17 bits per heavy atom. The van der Waals surface area contributed by atoms with E-state index in [1.54, 1.807) is 0 Å². The zero-order valence-corrected chi connectivity index (χ0v) is 11.3. The van der Waals surface area contributed by atoms with Crippen molar-refractivity contribution in [3.63, 3.8) is 0 Å². The summed E-state index contributed by atoms with van der Waals surface area (Å²) in [7, 11) is 1.91. The van der Waals surface area contributed by atoms with Gasteiger partial charge in [-0.2, -0.15) is 5.10 Å². The highest BCUT2D eigenvalue weighted by molar-refractivity contribution is 5.77. The van der Waals surface area contributed by atoms with Crippen LogP contribution in [0.3, 0.4) is 0 Å². The van der Waals surface area contributed by atoms with E-state index in [2.05, 4.69) is 10.4 Å². The minimum Gasteiger partial charge on any atom is -0.394 e. The zero-order valence-electron chi connectivity index (χ0n) is 11.3. The number of aliphatic hydroxyl groups excluding tert-OH is 1. The molecule has 0 spiro atoms. The molecule has 0 aliphatic heterocycles. The summed E-state index contributed by atoms with van der Waals surface area (Å²) in [5.41, 5.74) is 2.95. The van der Waals surface area contributed by atoms with Gasteiger partial charge in [-0.3, -0.25) is 9.48 Å². The van der Waals surface area contributed by atoms with Gasteiger partial charge in [0.05, 0.1) is 17.8 Å². The third-order valence-corrected chi connectivity index (χ3v) is 3.82. The molecule has 1 aromatic heterocycles. The highest BCUT2D eigenvalue weighted by Crippen LogP contribution is 2.34. The maximum absolute atomic E-state index is 11.8. The summed E-state index contributed by atoms with van der Waals surface area (Å²) in [6.07, 6.45) is 2.94. The van der Waals surface area contributed by atoms with E-state index >= 15 is 0 Å². The Kier molecular flexibility index (Phi) is 3.43. The van der Waals surface area contributed by atoms with Crippen LogP contribution in [0.1, 0.15) is 36.2 Å². The predicted octanol–water partition coefficient (Wildman–Crippen LogP) is 0.611. The molecule has 2 rings (SSSR count). The van der Waals surface area contributed by atoms with Gasteiger partial charge in [0.25, 0.3) is 0 Å². The van der Waals surface area contributed by atoms with Crippen LogP contribution in [-0.4, -0.2) is 32.9 Å². The number of nitrogens with zero attached hydrogens (tertiary/aromatic N) is 2. The van der Waals surface area contributed by atoms with Crippen LogP contribution < -0.4 is 5.32 Å². The van der Waals surface area contributed by atoms with Gasteiger partial charge in [0, 0.05) is 19.2 Å². The van der Waals surface area contributed by atoms with Gasteiger partial charge in [-0.15, -0.1) is 0 Å². The smallest absolute Gasteiger partial charge is 0.220 e. The molecule has 0 atom stereocenters. The van der Waals surface area contributed by atoms with Crippen molar-refractivity contribution in [2.45, 2.75) is 45.1 Å². The van der Waals surface area contributed by atoms with Gasteiger partial charge in [0.15, 0.2) is 0 Å². The Labute approximate surface area is 107 Å². The first-order valence-electron chi connectivity index (χ1n) is 6.38. The van der Waals surface area contributed by atoms with E-state index < -0.39 is 0 Å². The third-order valence-electron chi connectivity index (χ3n) is 3.82. The molecule has 18 heavy (non-hydrogen) atoms. The van der Waals surface area contributed by atoms with Crippen LogP contribution in [0.4, 0.5) is 0 Å². The fraction of sp³-hybridized carbons (Fsp3) is 0.692. The first kappa shape index (κ1) is 13.1. The Balaban J connectivity index is 1.89. The van der Waals surface area contributed by atoms with Crippen LogP contribution >= 0.6 is 0 Å². The van der Waals surface area contributed by atoms with Gasteiger partial charge >= 0.3 is 0 Å². The van der Waals surface area contributed by atoms with E-state index in [1.807, 2.05) is 25.6 Å². The fourth-order valence-electron chi connectivity index (χ4n) is 2.25. The van der Waals surface area contributed by atoms with E-state index in [4.69, 9.17) is 5.11 Å². The molecule has 0 aromatic carbocycles. The molecular weight excluding hydrogens is 230 g/mol. The summed E-state index contributed by atoms with van der Waals surface area (Å²) in [6.45, 7) is 4.03. The third kappa shape index (κ3) is 2.56. The molecule has 5 heteroatoms. The SMILES string of the molecule is Cc1nn(C)c(C)c1CCC(=O)NC1(CO)CC1. The molecule has 0 unspecified atom stereocenters. The van der Waals surface area contributed by atoms with Crippen molar-refractivity contribution in [3.05, 3.63) is 17.0 Å². The molecule has 1 aliphatic rings. The van der Waals surface area contributed by atoms with Crippen molar-refractivity contribution in [3.8, 4) is 0 Å². The van der Waals surface area contributed by atoms with Gasteiger partial charge in [0.1, 0.15) is 0 Å². The van der Waals surface area contributed by atoms with Gasteiger partial charge in [-0.1, -0.05) is 0 Å². The summed E-state index contributed by atoms with van der Waals surface area (Å²) >= 11 is 0. The summed E-state index contributed by atoms with van der Waals surface area (Å²) in [4.78, 5) is 11.8. The second-order valence-electron chi connectivity index (χ2n) is 5.26. The number of hydrogen-bond donors (Lipinski definition) is 2. The molecule has 1 fully saturated rings. The molecule has 5 nitrogen and oxygen atoms in total. The van der Waals surface area contributed by atoms with E-state index in [0.29, 0.717) is 12.8 Å². The molecule has 1 amide bonds. The molecule has 1 saturated carbocycles. The summed E-state index contributed by atoms with van der Waals surface area (Å²) in [5, 5.41) is 16.4. The molecule has 0 bridgehead atoms. The Morgan fingerprint density at radius 3 is 2.61 bits per heavy atom. The maximum Gasteiger partial charge on any atom is 0.220 e. The Bertz CT molecular complexity index is 461. The second kappa shape index (κ2) is 4.72. The highest BCUT2D eigenvalue weighted by atomic mass is 16.3. The molecule has 1 aromatic rings. The maximum atomic E-state index is 11.8. The van der Waals surface area contributed by atoms with E-state index in [-0.39, 0.29) is 18.1 Å². The number of aliphatic hydroxyl groups is 1. The van der Waals surface area contributed by atoms with Gasteiger partial charge in [-0.05, 0) is 38.7 Å². The molecule has 0 radical (unpaired) electrons. The first-order chi connectivity index (χ1) is 8.47. The molecule has 1 aliphatic carbocycles. The number of hydrogen-bond acceptors (Lipinski definition) is 3.